The number of hydrogen-bond donors (Lipinski definition) is 13. The van der Waals surface area contributed by atoms with Crippen LogP contribution in [0.3, 0.4) is 0 Å². The van der Waals surface area contributed by atoms with Crippen LogP contribution in [0.1, 0.15) is 68.6 Å². The molecule has 0 saturated carbocycles. The summed E-state index contributed by atoms with van der Waals surface area (Å²) in [7, 11) is 0. The molecular weight excluding hydrogens is 953 g/mol. The molecule has 0 bridgehead atoms. The molecule has 2 fully saturated rings. The summed E-state index contributed by atoms with van der Waals surface area (Å²) in [6.45, 7) is -1.46. The van der Waals surface area contributed by atoms with Gasteiger partial charge in [0.25, 0.3) is 0 Å². The lowest BCUT2D eigenvalue weighted by Gasteiger charge is -2.39. The average molecular weight is 1000 g/mol. The van der Waals surface area contributed by atoms with Crippen molar-refractivity contribution in [1.29, 1.82) is 0 Å². The van der Waals surface area contributed by atoms with Crippen molar-refractivity contribution in [2.24, 2.45) is 0 Å². The minimum Gasteiger partial charge on any atom is -0.508 e. The second-order valence-electron chi connectivity index (χ2n) is 18.4. The number of ether oxygens (including phenoxy) is 6. The Morgan fingerprint density at radius 1 is 0.425 bits per heavy atom. The lowest BCUT2D eigenvalue weighted by molar-refractivity contribution is -0.277. The molecule has 6 aromatic rings. The predicted octanol–water partition coefficient (Wildman–Crippen LogP) is 3.27. The van der Waals surface area contributed by atoms with Crippen LogP contribution in [0.5, 0.6) is 51.7 Å². The van der Waals surface area contributed by atoms with Gasteiger partial charge in [-0.3, -0.25) is 0 Å². The zero-order valence-electron chi connectivity index (χ0n) is 38.4. The minimum absolute atomic E-state index is 0.00334. The van der Waals surface area contributed by atoms with Crippen molar-refractivity contribution in [2.45, 2.75) is 85.5 Å². The van der Waals surface area contributed by atoms with E-state index in [0.717, 1.165) is 0 Å². The molecule has 19 heteroatoms. The Kier molecular flexibility index (Phi) is 13.6. The van der Waals surface area contributed by atoms with Crippen LogP contribution in [0.25, 0.3) is 12.2 Å². The molecular formula is C54H52O19. The Bertz CT molecular complexity index is 2960. The summed E-state index contributed by atoms with van der Waals surface area (Å²) < 4.78 is 37.6. The third kappa shape index (κ3) is 9.55. The summed E-state index contributed by atoms with van der Waals surface area (Å²) in [6.07, 6.45) is -14.8. The maximum Gasteiger partial charge on any atom is 0.229 e. The summed E-state index contributed by atoms with van der Waals surface area (Å²) in [5.41, 5.74) is 4.08. The van der Waals surface area contributed by atoms with Gasteiger partial charge in [-0.15, -0.1) is 0 Å². The van der Waals surface area contributed by atoms with Crippen molar-refractivity contribution in [3.05, 3.63) is 160 Å². The molecule has 0 spiro atoms. The molecule has 73 heavy (non-hydrogen) atoms. The fraction of sp³-hybridized carbons (Fsp3) is 0.296. The Labute approximate surface area is 416 Å². The Morgan fingerprint density at radius 3 is 1.44 bits per heavy atom. The van der Waals surface area contributed by atoms with Crippen molar-refractivity contribution >= 4 is 12.2 Å². The molecule has 0 amide bonds. The molecule has 6 aromatic carbocycles. The van der Waals surface area contributed by atoms with E-state index < -0.39 is 98.7 Å². The fourth-order valence-electron chi connectivity index (χ4n) is 10.0. The van der Waals surface area contributed by atoms with E-state index in [1.165, 1.54) is 60.7 Å². The number of hydrogen-bond acceptors (Lipinski definition) is 19. The number of aliphatic hydroxyl groups excluding tert-OH is 8. The molecule has 14 unspecified atom stereocenters. The summed E-state index contributed by atoms with van der Waals surface area (Å²) in [5, 5.41) is 138. The van der Waals surface area contributed by atoms with E-state index in [1.54, 1.807) is 66.7 Å². The van der Waals surface area contributed by atoms with Gasteiger partial charge in [-0.2, -0.15) is 0 Å². The largest absolute Gasteiger partial charge is 0.508 e. The number of fused-ring (bicyclic) bond motifs is 2. The highest BCUT2D eigenvalue weighted by molar-refractivity contribution is 5.76. The van der Waals surface area contributed by atoms with Gasteiger partial charge in [0.1, 0.15) is 113 Å². The van der Waals surface area contributed by atoms with Gasteiger partial charge in [0, 0.05) is 29.3 Å². The van der Waals surface area contributed by atoms with Gasteiger partial charge in [-0.25, -0.2) is 0 Å². The third-order valence-electron chi connectivity index (χ3n) is 13.6. The fourth-order valence-corrected chi connectivity index (χ4v) is 10.0. The number of benzene rings is 6. The van der Waals surface area contributed by atoms with E-state index >= 15 is 0 Å². The average Bonchev–Trinajstić information content (AvgIpc) is 3.96. The standard InChI is InChI=1S/C54H52O19/c55-22-39-45(62)47(64)49(66)53(72-39)68-34-17-28(16-32(60)18-34)42-43-36(20-35(69-54-50(67)48(65)46(63)40(23-56)73-54)21-38(43)71-51(42)25-5-11-30(58)12-6-25)44-41-27(4-1-24-2-9-29(57)10-3-24)15-33(61)19-37(41)70-52(44)26-7-13-31(59)14-8-26/h1-21,39-40,42,44-67H,22-23H2/b4-1+. The maximum atomic E-state index is 11.5. The van der Waals surface area contributed by atoms with E-state index in [9.17, 15) is 66.4 Å². The topological polar surface area (TPSA) is 318 Å². The molecule has 2 saturated heterocycles. The molecule has 4 heterocycles. The molecule has 0 aliphatic carbocycles. The van der Waals surface area contributed by atoms with Gasteiger partial charge < -0.3 is 94.8 Å². The van der Waals surface area contributed by atoms with E-state index in [-0.39, 0.29) is 51.7 Å². The maximum absolute atomic E-state index is 11.5. The van der Waals surface area contributed by atoms with Gasteiger partial charge >= 0.3 is 0 Å². The van der Waals surface area contributed by atoms with Crippen LogP contribution in [-0.4, -0.2) is 141 Å². The number of phenolic OH excluding ortho intramolecular Hbond substituents is 5. The van der Waals surface area contributed by atoms with E-state index in [2.05, 4.69) is 0 Å². The lowest BCUT2D eigenvalue weighted by Crippen LogP contribution is -2.60. The summed E-state index contributed by atoms with van der Waals surface area (Å²) >= 11 is 0. The lowest BCUT2D eigenvalue weighted by atomic mass is 9.75. The van der Waals surface area contributed by atoms with Crippen LogP contribution in [-0.2, 0) is 9.47 Å². The van der Waals surface area contributed by atoms with Crippen molar-refractivity contribution in [1.82, 2.24) is 0 Å². The molecule has 4 aliphatic heterocycles. The normalized spacial score (nSPS) is 29.5. The van der Waals surface area contributed by atoms with Crippen molar-refractivity contribution in [3.63, 3.8) is 0 Å². The quantitative estimate of drug-likeness (QED) is 0.0783. The molecule has 10 rings (SSSR count). The first kappa shape index (κ1) is 49.4. The van der Waals surface area contributed by atoms with Crippen LogP contribution in [0, 0.1) is 0 Å². The monoisotopic (exact) mass is 1000 g/mol. The Morgan fingerprint density at radius 2 is 0.904 bits per heavy atom. The van der Waals surface area contributed by atoms with Crippen LogP contribution in [0.4, 0.5) is 0 Å². The van der Waals surface area contributed by atoms with Crippen molar-refractivity contribution in [3.8, 4) is 51.7 Å². The van der Waals surface area contributed by atoms with Gasteiger partial charge in [0.2, 0.25) is 12.6 Å². The number of phenols is 5. The number of rotatable bonds is 12. The van der Waals surface area contributed by atoms with Crippen LogP contribution < -0.4 is 18.9 Å². The Balaban J connectivity index is 1.20. The highest BCUT2D eigenvalue weighted by Gasteiger charge is 2.49. The predicted molar refractivity (Wildman–Crippen MR) is 255 cm³/mol. The SMILES string of the molecule is OCC1OC(Oc2cc(O)cc(C3c4c(cc(OC5OC(CO)C(O)C(O)C5O)cc4C4c5c(/C=C/c6ccc(O)cc6)cc(O)cc5OC4c4ccc(O)cc4)OC3c3ccc(O)cc3)c2)C(O)C(O)C1O. The van der Waals surface area contributed by atoms with Gasteiger partial charge in [0.05, 0.1) is 25.0 Å². The summed E-state index contributed by atoms with van der Waals surface area (Å²) in [5.74, 6) is -1.94. The van der Waals surface area contributed by atoms with E-state index in [0.29, 0.717) is 44.5 Å². The van der Waals surface area contributed by atoms with Crippen LogP contribution >= 0.6 is 0 Å². The number of aromatic hydroxyl groups is 5. The van der Waals surface area contributed by atoms with E-state index in [4.69, 9.17) is 28.4 Å². The smallest absolute Gasteiger partial charge is 0.229 e. The molecule has 13 N–H and O–H groups in total. The minimum atomic E-state index is -1.82. The van der Waals surface area contributed by atoms with Gasteiger partial charge in [0.15, 0.2) is 0 Å². The van der Waals surface area contributed by atoms with Gasteiger partial charge in [-0.05, 0) is 94.0 Å². The first-order valence-corrected chi connectivity index (χ1v) is 23.3. The molecule has 382 valence electrons. The molecule has 0 aromatic heterocycles. The molecule has 0 radical (unpaired) electrons. The van der Waals surface area contributed by atoms with Gasteiger partial charge in [-0.1, -0.05) is 48.6 Å². The molecule has 4 aliphatic rings. The second-order valence-corrected chi connectivity index (χ2v) is 18.4. The third-order valence-corrected chi connectivity index (χ3v) is 13.6. The highest BCUT2D eigenvalue weighted by atomic mass is 16.7. The first-order valence-electron chi connectivity index (χ1n) is 23.3. The van der Waals surface area contributed by atoms with Crippen LogP contribution in [0.2, 0.25) is 0 Å². The highest BCUT2D eigenvalue weighted by Crippen LogP contribution is 2.60. The zero-order chi connectivity index (χ0) is 51.4. The van der Waals surface area contributed by atoms with Crippen molar-refractivity contribution in [2.75, 3.05) is 13.2 Å². The van der Waals surface area contributed by atoms with Crippen molar-refractivity contribution < 1.29 is 94.8 Å². The molecule has 19 nitrogen and oxygen atoms in total. The summed E-state index contributed by atoms with van der Waals surface area (Å²) in [4.78, 5) is 0. The van der Waals surface area contributed by atoms with Crippen LogP contribution in [0.15, 0.2) is 115 Å². The van der Waals surface area contributed by atoms with E-state index in [1.807, 2.05) is 0 Å². The first-order chi connectivity index (χ1) is 35.1. The molecule has 14 atom stereocenters. The summed E-state index contributed by atoms with van der Waals surface area (Å²) in [6, 6.07) is 29.4. The number of aliphatic hydroxyl groups is 8. The second kappa shape index (κ2) is 20.0. The Hall–Kier alpha value is -7.14. The zero-order valence-corrected chi connectivity index (χ0v) is 38.4.